The summed E-state index contributed by atoms with van der Waals surface area (Å²) in [5.74, 6) is 0.247. The number of nitrogens with two attached hydrogens (primary N) is 1. The van der Waals surface area contributed by atoms with Gasteiger partial charge in [0.1, 0.15) is 12.0 Å². The molecule has 0 amide bonds. The van der Waals surface area contributed by atoms with E-state index in [-0.39, 0.29) is 25.3 Å². The average Bonchev–Trinajstić information content (AvgIpc) is 2.81. The molecule has 2 unspecified atom stereocenters. The van der Waals surface area contributed by atoms with Crippen molar-refractivity contribution < 1.29 is 6.16 Å². The van der Waals surface area contributed by atoms with Crippen molar-refractivity contribution in [2.24, 2.45) is 0 Å². The summed E-state index contributed by atoms with van der Waals surface area (Å²) in [5.41, 5.74) is 5.04. The van der Waals surface area contributed by atoms with E-state index in [1.165, 1.54) is 4.57 Å². The molecule has 1 saturated heterocycles. The Balaban J connectivity index is 0. The summed E-state index contributed by atoms with van der Waals surface area (Å²) in [6.07, 6.45) is 3.50. The van der Waals surface area contributed by atoms with Gasteiger partial charge in [-0.2, -0.15) is 4.98 Å². The van der Waals surface area contributed by atoms with Crippen molar-refractivity contribution in [3.8, 4) is 0 Å². The summed E-state index contributed by atoms with van der Waals surface area (Å²) in [6.45, 7) is 10.00. The van der Waals surface area contributed by atoms with E-state index in [9.17, 15) is 4.79 Å². The van der Waals surface area contributed by atoms with Gasteiger partial charge < -0.3 is 10.5 Å². The van der Waals surface area contributed by atoms with E-state index < -0.39 is 0 Å². The molecule has 1 aromatic heterocycles. The van der Waals surface area contributed by atoms with E-state index >= 15 is 0 Å². The second-order valence-electron chi connectivity index (χ2n) is 3.52. The number of aromatic nitrogens is 2. The summed E-state index contributed by atoms with van der Waals surface area (Å²) in [7, 11) is 0. The Hall–Kier alpha value is -1.36. The minimum Gasteiger partial charge on any atom is -0.383 e. The third-order valence-corrected chi connectivity index (χ3v) is 2.37. The van der Waals surface area contributed by atoms with Crippen LogP contribution in [0.25, 0.3) is 0 Å². The van der Waals surface area contributed by atoms with Gasteiger partial charge in [0.15, 0.2) is 0 Å². The molecule has 5 nitrogen and oxygen atoms in total. The standard InChI is InChI=1S/C9H13N3O2.2C2H6.H2/c1-6-2-3-8(14-6)12-5-4-7(10)11-9(12)13;2*1-2;/h4-6,8H,2-3H2,1H3,(H2,10,11,13);2*1-2H3;1H. The van der Waals surface area contributed by atoms with E-state index in [1.807, 2.05) is 34.6 Å². The quantitative estimate of drug-likeness (QED) is 0.839. The Bertz CT molecular complexity index is 396. The fraction of sp³-hybridized carbons (Fsp3) is 0.692. The molecule has 106 valence electrons. The first-order valence-electron chi connectivity index (χ1n) is 6.67. The first kappa shape index (κ1) is 16.6. The lowest BCUT2D eigenvalue weighted by molar-refractivity contribution is 0.00806. The summed E-state index contributed by atoms with van der Waals surface area (Å²) in [4.78, 5) is 15.1. The second kappa shape index (κ2) is 8.69. The van der Waals surface area contributed by atoms with Crippen LogP contribution >= 0.6 is 0 Å². The van der Waals surface area contributed by atoms with Crippen molar-refractivity contribution in [1.82, 2.24) is 9.55 Å². The highest BCUT2D eigenvalue weighted by molar-refractivity contribution is 5.23. The van der Waals surface area contributed by atoms with Crippen LogP contribution in [0.15, 0.2) is 17.1 Å². The molecule has 0 aliphatic carbocycles. The maximum atomic E-state index is 11.4. The molecule has 1 aromatic rings. The first-order valence-corrected chi connectivity index (χ1v) is 6.67. The second-order valence-corrected chi connectivity index (χ2v) is 3.52. The molecular weight excluding hydrogens is 230 g/mol. The molecule has 1 aliphatic rings. The smallest absolute Gasteiger partial charge is 0.351 e. The van der Waals surface area contributed by atoms with Crippen LogP contribution in [0.4, 0.5) is 5.82 Å². The van der Waals surface area contributed by atoms with Gasteiger partial charge in [0.05, 0.1) is 6.10 Å². The van der Waals surface area contributed by atoms with Crippen LogP contribution in [-0.2, 0) is 4.74 Å². The molecule has 0 spiro atoms. The molecule has 2 heterocycles. The third-order valence-electron chi connectivity index (χ3n) is 2.37. The molecule has 2 rings (SSSR count). The maximum Gasteiger partial charge on any atom is 0.351 e. The summed E-state index contributed by atoms with van der Waals surface area (Å²) < 4.78 is 7.04. The predicted octanol–water partition coefficient (Wildman–Crippen LogP) is 2.82. The van der Waals surface area contributed by atoms with Crippen LogP contribution in [-0.4, -0.2) is 15.7 Å². The van der Waals surface area contributed by atoms with Gasteiger partial charge in [0.25, 0.3) is 0 Å². The van der Waals surface area contributed by atoms with Crippen LogP contribution in [0.5, 0.6) is 0 Å². The lowest BCUT2D eigenvalue weighted by Crippen LogP contribution is -2.27. The van der Waals surface area contributed by atoms with Gasteiger partial charge >= 0.3 is 5.69 Å². The van der Waals surface area contributed by atoms with Gasteiger partial charge in [-0.1, -0.05) is 27.7 Å². The van der Waals surface area contributed by atoms with Crippen molar-refractivity contribution in [3.05, 3.63) is 22.7 Å². The van der Waals surface area contributed by atoms with Gasteiger partial charge in [-0.05, 0) is 25.8 Å². The minimum atomic E-state index is -0.343. The number of nitrogen functional groups attached to an aromatic ring is 1. The fourth-order valence-corrected chi connectivity index (χ4v) is 1.63. The van der Waals surface area contributed by atoms with Crippen LogP contribution in [0.1, 0.15) is 55.1 Å². The fourth-order valence-electron chi connectivity index (χ4n) is 1.63. The maximum absolute atomic E-state index is 11.4. The van der Waals surface area contributed by atoms with Crippen LogP contribution in [0.2, 0.25) is 0 Å². The zero-order valence-electron chi connectivity index (χ0n) is 12.0. The Labute approximate surface area is 110 Å². The first-order chi connectivity index (χ1) is 8.66. The van der Waals surface area contributed by atoms with Crippen molar-refractivity contribution >= 4 is 5.82 Å². The van der Waals surface area contributed by atoms with Gasteiger partial charge in [-0.3, -0.25) is 4.57 Å². The van der Waals surface area contributed by atoms with E-state index in [4.69, 9.17) is 10.5 Å². The summed E-state index contributed by atoms with van der Waals surface area (Å²) >= 11 is 0. The van der Waals surface area contributed by atoms with E-state index in [0.29, 0.717) is 0 Å². The molecule has 1 aliphatic heterocycles. The molecule has 0 bridgehead atoms. The molecule has 0 radical (unpaired) electrons. The summed E-state index contributed by atoms with van der Waals surface area (Å²) in [5, 5.41) is 0. The lowest BCUT2D eigenvalue weighted by Gasteiger charge is -2.13. The predicted molar refractivity (Wildman–Crippen MR) is 76.5 cm³/mol. The number of hydrogen-bond donors (Lipinski definition) is 1. The topological polar surface area (TPSA) is 70.1 Å². The SMILES string of the molecule is CC.CC.CC1CCC(n2ccc(N)nc2=O)O1.[HH]. The number of hydrogen-bond acceptors (Lipinski definition) is 4. The van der Waals surface area contributed by atoms with Crippen LogP contribution in [0, 0.1) is 0 Å². The Morgan fingerprint density at radius 2 is 2.00 bits per heavy atom. The highest BCUT2D eigenvalue weighted by Gasteiger charge is 2.23. The Morgan fingerprint density at radius 1 is 1.39 bits per heavy atom. The number of ether oxygens (including phenoxy) is 1. The van der Waals surface area contributed by atoms with E-state index in [0.717, 1.165) is 12.8 Å². The van der Waals surface area contributed by atoms with Gasteiger partial charge in [0, 0.05) is 7.62 Å². The monoisotopic (exact) mass is 257 g/mol. The highest BCUT2D eigenvalue weighted by atomic mass is 16.5. The molecule has 18 heavy (non-hydrogen) atoms. The number of anilines is 1. The molecule has 2 atom stereocenters. The van der Waals surface area contributed by atoms with E-state index in [2.05, 4.69) is 4.98 Å². The third kappa shape index (κ3) is 4.49. The molecular formula is C13H27N3O2. The minimum absolute atomic E-state index is 0. The van der Waals surface area contributed by atoms with Gasteiger partial charge in [0.2, 0.25) is 0 Å². The van der Waals surface area contributed by atoms with Crippen molar-refractivity contribution in [1.29, 1.82) is 0 Å². The van der Waals surface area contributed by atoms with Crippen LogP contribution in [0.3, 0.4) is 0 Å². The zero-order chi connectivity index (χ0) is 14.1. The largest absolute Gasteiger partial charge is 0.383 e. The van der Waals surface area contributed by atoms with Gasteiger partial charge in [-0.25, -0.2) is 4.79 Å². The van der Waals surface area contributed by atoms with Crippen molar-refractivity contribution in [2.75, 3.05) is 5.73 Å². The van der Waals surface area contributed by atoms with Crippen LogP contribution < -0.4 is 11.4 Å². The molecule has 1 fully saturated rings. The Morgan fingerprint density at radius 3 is 2.44 bits per heavy atom. The molecule has 2 N–H and O–H groups in total. The number of nitrogens with zero attached hydrogens (tertiary/aromatic N) is 2. The Kier molecular flexibility index (Phi) is 8.03. The number of rotatable bonds is 1. The lowest BCUT2D eigenvalue weighted by atomic mass is 10.2. The van der Waals surface area contributed by atoms with Gasteiger partial charge in [-0.15, -0.1) is 0 Å². The normalized spacial score (nSPS) is 21.4. The average molecular weight is 257 g/mol. The molecule has 5 heteroatoms. The molecule has 0 aromatic carbocycles. The van der Waals surface area contributed by atoms with Crippen molar-refractivity contribution in [3.63, 3.8) is 0 Å². The van der Waals surface area contributed by atoms with E-state index in [1.54, 1.807) is 12.3 Å². The summed E-state index contributed by atoms with van der Waals surface area (Å²) in [6, 6.07) is 1.60. The van der Waals surface area contributed by atoms with Crippen molar-refractivity contribution in [2.45, 2.75) is 59.8 Å². The molecule has 0 saturated carbocycles. The highest BCUT2D eigenvalue weighted by Crippen LogP contribution is 2.26. The zero-order valence-corrected chi connectivity index (χ0v) is 12.0.